The molecule has 7 nitrogen and oxygen atoms in total. The normalized spacial score (nSPS) is 18.0. The zero-order valence-electron chi connectivity index (χ0n) is 19.2. The number of thioether (sulfide) groups is 1. The number of carbonyl (C=O) groups excluding carboxylic acids is 2. The van der Waals surface area contributed by atoms with E-state index in [4.69, 9.17) is 9.84 Å². The molecule has 1 aromatic heterocycles. The number of allylic oxidation sites excluding steroid dienone is 1. The van der Waals surface area contributed by atoms with Crippen LogP contribution in [0.2, 0.25) is 0 Å². The molecule has 172 valence electrons. The maximum absolute atomic E-state index is 13.2. The average molecular weight is 473 g/mol. The van der Waals surface area contributed by atoms with Crippen molar-refractivity contribution in [1.29, 1.82) is 0 Å². The summed E-state index contributed by atoms with van der Waals surface area (Å²) in [6.07, 6.45) is 2.28. The van der Waals surface area contributed by atoms with Crippen LogP contribution in [0.3, 0.4) is 0 Å². The summed E-state index contributed by atoms with van der Waals surface area (Å²) in [6.45, 7) is 3.82. The molecule has 34 heavy (non-hydrogen) atoms. The van der Waals surface area contributed by atoms with Gasteiger partial charge in [-0.1, -0.05) is 59.8 Å². The molecular weight excluding hydrogens is 448 g/mol. The molecular formula is C26H24N4O3S. The minimum atomic E-state index is -0.686. The zero-order valence-corrected chi connectivity index (χ0v) is 20.0. The van der Waals surface area contributed by atoms with Crippen LogP contribution in [-0.4, -0.2) is 44.6 Å². The summed E-state index contributed by atoms with van der Waals surface area (Å²) in [5.74, 6) is 0.0882. The Morgan fingerprint density at radius 1 is 1.09 bits per heavy atom. The van der Waals surface area contributed by atoms with Crippen molar-refractivity contribution in [2.24, 2.45) is 4.99 Å². The molecule has 0 aliphatic carbocycles. The third-order valence-electron chi connectivity index (χ3n) is 5.99. The summed E-state index contributed by atoms with van der Waals surface area (Å²) in [6, 6.07) is 17.2. The number of hydrogen-bond acceptors (Lipinski definition) is 6. The summed E-state index contributed by atoms with van der Waals surface area (Å²) >= 11 is 1.52. The molecule has 1 saturated heterocycles. The molecule has 0 unspecified atom stereocenters. The van der Waals surface area contributed by atoms with Crippen molar-refractivity contribution in [3.05, 3.63) is 83.2 Å². The highest BCUT2D eigenvalue weighted by Crippen LogP contribution is 2.43. The highest BCUT2D eigenvalue weighted by molar-refractivity contribution is 8.14. The third kappa shape index (κ3) is 3.84. The number of amidine groups is 1. The zero-order chi connectivity index (χ0) is 23.8. The van der Waals surface area contributed by atoms with Crippen molar-refractivity contribution < 1.29 is 14.3 Å². The Labute approximate surface area is 202 Å². The van der Waals surface area contributed by atoms with E-state index in [1.807, 2.05) is 67.7 Å². The second kappa shape index (κ2) is 8.95. The monoisotopic (exact) mass is 472 g/mol. The minimum absolute atomic E-state index is 0.0706. The summed E-state index contributed by atoms with van der Waals surface area (Å²) in [5, 5.41) is 5.53. The number of benzene rings is 2. The molecule has 0 saturated carbocycles. The molecule has 2 aliphatic rings. The lowest BCUT2D eigenvalue weighted by atomic mass is 9.92. The molecule has 1 atom stereocenters. The average Bonchev–Trinajstić information content (AvgIpc) is 3.29. The minimum Gasteiger partial charge on any atom is -0.466 e. The first kappa shape index (κ1) is 22.2. The van der Waals surface area contributed by atoms with Crippen molar-refractivity contribution in [3.8, 4) is 16.9 Å². The molecule has 0 bridgehead atoms. The number of hydrogen-bond donors (Lipinski definition) is 0. The predicted octanol–water partition coefficient (Wildman–Crippen LogP) is 4.67. The quantitative estimate of drug-likeness (QED) is 0.516. The Balaban J connectivity index is 1.76. The van der Waals surface area contributed by atoms with E-state index in [-0.39, 0.29) is 5.91 Å². The Kier molecular flexibility index (Phi) is 5.83. The molecule has 1 amide bonds. The van der Waals surface area contributed by atoms with Gasteiger partial charge in [0.05, 0.1) is 29.8 Å². The van der Waals surface area contributed by atoms with Crippen LogP contribution >= 0.6 is 11.8 Å². The van der Waals surface area contributed by atoms with Gasteiger partial charge in [-0.05, 0) is 26.0 Å². The van der Waals surface area contributed by atoms with Crippen molar-refractivity contribution in [2.45, 2.75) is 26.3 Å². The number of methoxy groups -OCH3 is 1. The summed E-state index contributed by atoms with van der Waals surface area (Å²) < 4.78 is 6.93. The summed E-state index contributed by atoms with van der Waals surface area (Å²) in [7, 11) is 1.35. The topological polar surface area (TPSA) is 76.8 Å². The van der Waals surface area contributed by atoms with E-state index in [2.05, 4.69) is 4.99 Å². The van der Waals surface area contributed by atoms with Gasteiger partial charge in [-0.15, -0.1) is 0 Å². The van der Waals surface area contributed by atoms with E-state index < -0.39 is 12.0 Å². The first-order valence-electron chi connectivity index (χ1n) is 11.0. The lowest BCUT2D eigenvalue weighted by Gasteiger charge is -2.38. The largest absolute Gasteiger partial charge is 0.466 e. The highest BCUT2D eigenvalue weighted by Gasteiger charge is 2.43. The number of aryl methyl sites for hydroxylation is 1. The number of amides is 1. The number of aliphatic imine (C=N–C) groups is 1. The van der Waals surface area contributed by atoms with Gasteiger partial charge in [0, 0.05) is 29.5 Å². The van der Waals surface area contributed by atoms with Gasteiger partial charge in [0.15, 0.2) is 5.17 Å². The van der Waals surface area contributed by atoms with E-state index >= 15 is 0 Å². The van der Waals surface area contributed by atoms with Crippen LogP contribution in [0.5, 0.6) is 0 Å². The van der Waals surface area contributed by atoms with Gasteiger partial charge in [-0.2, -0.15) is 5.10 Å². The molecule has 0 N–H and O–H groups in total. The maximum Gasteiger partial charge on any atom is 0.338 e. The van der Waals surface area contributed by atoms with Gasteiger partial charge < -0.3 is 4.74 Å². The van der Waals surface area contributed by atoms with E-state index in [9.17, 15) is 9.59 Å². The molecule has 2 aliphatic heterocycles. The van der Waals surface area contributed by atoms with E-state index in [0.717, 1.165) is 22.4 Å². The number of fused-ring (bicyclic) bond motifs is 1. The van der Waals surface area contributed by atoms with Crippen molar-refractivity contribution >= 4 is 28.8 Å². The van der Waals surface area contributed by atoms with Crippen LogP contribution in [0.25, 0.3) is 16.9 Å². The van der Waals surface area contributed by atoms with E-state index in [1.165, 1.54) is 18.9 Å². The summed E-state index contributed by atoms with van der Waals surface area (Å²) in [4.78, 5) is 32.4. The second-order valence-corrected chi connectivity index (χ2v) is 9.29. The van der Waals surface area contributed by atoms with Gasteiger partial charge >= 0.3 is 5.97 Å². The Morgan fingerprint density at radius 3 is 2.53 bits per heavy atom. The number of carbonyl (C=O) groups is 2. The molecule has 5 rings (SSSR count). The fourth-order valence-electron chi connectivity index (χ4n) is 4.30. The first-order valence-corrected chi connectivity index (χ1v) is 12.0. The first-order chi connectivity index (χ1) is 16.5. The van der Waals surface area contributed by atoms with Crippen LogP contribution in [-0.2, 0) is 14.3 Å². The number of esters is 1. The molecule has 8 heteroatoms. The Morgan fingerprint density at radius 2 is 1.82 bits per heavy atom. The fraction of sp³-hybridized carbons (Fsp3) is 0.231. The number of aromatic nitrogens is 2. The van der Waals surface area contributed by atoms with Crippen molar-refractivity contribution in [3.63, 3.8) is 0 Å². The second-order valence-electron chi connectivity index (χ2n) is 8.23. The SMILES string of the molecule is COC(=O)C1=C(C)N=C2SCCC(=O)N2[C@H]1c1cn(-c2ccccc2)nc1-c1ccc(C)cc1. The van der Waals surface area contributed by atoms with Crippen LogP contribution in [0.1, 0.15) is 30.5 Å². The molecule has 0 radical (unpaired) electrons. The number of ether oxygens (including phenoxy) is 1. The molecule has 3 aromatic rings. The van der Waals surface area contributed by atoms with E-state index in [1.54, 1.807) is 16.5 Å². The van der Waals surface area contributed by atoms with E-state index in [0.29, 0.717) is 34.3 Å². The number of para-hydroxylation sites is 1. The third-order valence-corrected chi connectivity index (χ3v) is 6.95. The van der Waals surface area contributed by atoms with Crippen LogP contribution < -0.4 is 0 Å². The predicted molar refractivity (Wildman–Crippen MR) is 133 cm³/mol. The molecule has 0 spiro atoms. The van der Waals surface area contributed by atoms with Crippen molar-refractivity contribution in [2.75, 3.05) is 12.9 Å². The summed E-state index contributed by atoms with van der Waals surface area (Å²) in [5.41, 5.74) is 5.26. The number of nitrogens with zero attached hydrogens (tertiary/aromatic N) is 4. The molecule has 3 heterocycles. The van der Waals surface area contributed by atoms with Gasteiger partial charge in [0.2, 0.25) is 5.91 Å². The van der Waals surface area contributed by atoms with Gasteiger partial charge in [-0.3, -0.25) is 9.69 Å². The van der Waals surface area contributed by atoms with Gasteiger partial charge in [0.1, 0.15) is 6.04 Å². The molecule has 1 fully saturated rings. The smallest absolute Gasteiger partial charge is 0.338 e. The Hall–Kier alpha value is -3.65. The van der Waals surface area contributed by atoms with Crippen molar-refractivity contribution in [1.82, 2.24) is 14.7 Å². The van der Waals surface area contributed by atoms with Crippen LogP contribution in [0.15, 0.2) is 77.1 Å². The lowest BCUT2D eigenvalue weighted by molar-refractivity contribution is -0.137. The lowest BCUT2D eigenvalue weighted by Crippen LogP contribution is -2.45. The Bertz CT molecular complexity index is 1330. The number of rotatable bonds is 4. The highest BCUT2D eigenvalue weighted by atomic mass is 32.2. The fourth-order valence-corrected chi connectivity index (χ4v) is 5.30. The van der Waals surface area contributed by atoms with Crippen LogP contribution in [0.4, 0.5) is 0 Å². The van der Waals surface area contributed by atoms with Gasteiger partial charge in [0.25, 0.3) is 0 Å². The maximum atomic E-state index is 13.2. The van der Waals surface area contributed by atoms with Gasteiger partial charge in [-0.25, -0.2) is 14.5 Å². The molecule has 2 aromatic carbocycles. The standard InChI is InChI=1S/C26H24N4O3S/c1-16-9-11-18(12-10-16)23-20(15-29(28-23)19-7-5-4-6-8-19)24-22(25(32)33-3)17(2)27-26-30(24)21(31)13-14-34-26/h4-12,15,24H,13-14H2,1-3H3/t24-/m0/s1. The van der Waals surface area contributed by atoms with Crippen LogP contribution in [0, 0.1) is 6.92 Å².